The standard InChI is InChI=1S/C18H26N2O3S/c21-18-16-11-5-6-12-17(16)20(14-8-2-7-13-19-18)24(22,23)15-9-3-1-4-10-15/h1,3-4,9-10,16-17H,2,5-8,11-14H2,(H,19,21)/t16-,17+/m1/s1. The SMILES string of the molecule is O=C1NCCCCCN(S(=O)(=O)c2ccccc2)[C@H]2CCCC[C@@H]12. The summed E-state index contributed by atoms with van der Waals surface area (Å²) in [5.41, 5.74) is 0. The lowest BCUT2D eigenvalue weighted by molar-refractivity contribution is -0.127. The highest BCUT2D eigenvalue weighted by Gasteiger charge is 2.40. The Morgan fingerprint density at radius 2 is 1.71 bits per heavy atom. The van der Waals surface area contributed by atoms with E-state index in [0.29, 0.717) is 18.0 Å². The number of nitrogens with one attached hydrogen (secondary N) is 1. The minimum atomic E-state index is -3.57. The minimum Gasteiger partial charge on any atom is -0.356 e. The number of hydrogen-bond donors (Lipinski definition) is 1. The molecule has 3 rings (SSSR count). The highest BCUT2D eigenvalue weighted by Crippen LogP contribution is 2.33. The predicted molar refractivity (Wildman–Crippen MR) is 92.9 cm³/mol. The van der Waals surface area contributed by atoms with Gasteiger partial charge in [0.05, 0.1) is 10.8 Å². The fraction of sp³-hybridized carbons (Fsp3) is 0.611. The number of sulfonamides is 1. The summed E-state index contributed by atoms with van der Waals surface area (Å²) in [4.78, 5) is 12.9. The summed E-state index contributed by atoms with van der Waals surface area (Å²) in [5.74, 6) is -0.204. The third-order valence-electron chi connectivity index (χ3n) is 5.14. The summed E-state index contributed by atoms with van der Waals surface area (Å²) in [7, 11) is -3.57. The van der Waals surface area contributed by atoms with Crippen LogP contribution >= 0.6 is 0 Å². The van der Waals surface area contributed by atoms with E-state index in [-0.39, 0.29) is 17.9 Å². The molecule has 6 heteroatoms. The van der Waals surface area contributed by atoms with Crippen molar-refractivity contribution in [1.29, 1.82) is 0 Å². The third kappa shape index (κ3) is 3.64. The molecule has 1 heterocycles. The van der Waals surface area contributed by atoms with Crippen LogP contribution in [0.15, 0.2) is 35.2 Å². The fourth-order valence-corrected chi connectivity index (χ4v) is 5.62. The Kier molecular flexibility index (Phi) is 5.56. The molecule has 1 saturated heterocycles. The topological polar surface area (TPSA) is 66.5 Å². The highest BCUT2D eigenvalue weighted by atomic mass is 32.2. The van der Waals surface area contributed by atoms with Crippen molar-refractivity contribution in [2.75, 3.05) is 13.1 Å². The van der Waals surface area contributed by atoms with Gasteiger partial charge in [-0.25, -0.2) is 8.42 Å². The van der Waals surface area contributed by atoms with Crippen molar-refractivity contribution >= 4 is 15.9 Å². The molecular formula is C18H26N2O3S. The second-order valence-corrected chi connectivity index (χ2v) is 8.63. The van der Waals surface area contributed by atoms with Crippen LogP contribution in [-0.4, -0.2) is 37.8 Å². The van der Waals surface area contributed by atoms with Gasteiger partial charge >= 0.3 is 0 Å². The molecule has 0 spiro atoms. The lowest BCUT2D eigenvalue weighted by Gasteiger charge is -2.39. The van der Waals surface area contributed by atoms with Crippen LogP contribution in [0.5, 0.6) is 0 Å². The highest BCUT2D eigenvalue weighted by molar-refractivity contribution is 7.89. The maximum absolute atomic E-state index is 13.2. The van der Waals surface area contributed by atoms with Crippen LogP contribution in [-0.2, 0) is 14.8 Å². The molecule has 132 valence electrons. The van der Waals surface area contributed by atoms with Crippen LogP contribution in [0.2, 0.25) is 0 Å². The van der Waals surface area contributed by atoms with Crippen molar-refractivity contribution in [3.8, 4) is 0 Å². The first kappa shape index (κ1) is 17.4. The maximum atomic E-state index is 13.2. The van der Waals surface area contributed by atoms with Crippen molar-refractivity contribution in [3.05, 3.63) is 30.3 Å². The fourth-order valence-electron chi connectivity index (χ4n) is 3.87. The molecule has 1 amide bonds. The average Bonchev–Trinajstić information content (AvgIpc) is 2.61. The predicted octanol–water partition coefficient (Wildman–Crippen LogP) is 2.54. The second kappa shape index (κ2) is 7.66. The van der Waals surface area contributed by atoms with Crippen molar-refractivity contribution in [2.45, 2.75) is 55.9 Å². The number of carbonyl (C=O) groups is 1. The molecule has 1 N–H and O–H groups in total. The molecule has 2 atom stereocenters. The second-order valence-electron chi connectivity index (χ2n) is 6.74. The zero-order chi connectivity index (χ0) is 17.0. The van der Waals surface area contributed by atoms with E-state index < -0.39 is 10.0 Å². The molecule has 1 saturated carbocycles. The van der Waals surface area contributed by atoms with Crippen molar-refractivity contribution < 1.29 is 13.2 Å². The molecule has 0 bridgehead atoms. The van der Waals surface area contributed by atoms with Gasteiger partial charge in [-0.05, 0) is 37.8 Å². The molecular weight excluding hydrogens is 324 g/mol. The van der Waals surface area contributed by atoms with Gasteiger partial charge < -0.3 is 5.32 Å². The summed E-state index contributed by atoms with van der Waals surface area (Å²) < 4.78 is 28.0. The van der Waals surface area contributed by atoms with Gasteiger partial charge in [-0.15, -0.1) is 0 Å². The first-order chi connectivity index (χ1) is 11.6. The summed E-state index contributed by atoms with van der Waals surface area (Å²) >= 11 is 0. The number of fused-ring (bicyclic) bond motifs is 1. The Hall–Kier alpha value is -1.40. The van der Waals surface area contributed by atoms with E-state index >= 15 is 0 Å². The number of amides is 1. The van der Waals surface area contributed by atoms with Crippen LogP contribution in [0.4, 0.5) is 0 Å². The molecule has 1 aromatic rings. The van der Waals surface area contributed by atoms with E-state index in [1.165, 1.54) is 0 Å². The number of hydrogen-bond acceptors (Lipinski definition) is 3. The van der Waals surface area contributed by atoms with Gasteiger partial charge in [-0.2, -0.15) is 4.31 Å². The van der Waals surface area contributed by atoms with Gasteiger partial charge in [-0.3, -0.25) is 4.79 Å². The molecule has 24 heavy (non-hydrogen) atoms. The Bertz CT molecular complexity index is 660. The van der Waals surface area contributed by atoms with Gasteiger partial charge in [0, 0.05) is 19.1 Å². The molecule has 0 aromatic heterocycles. The first-order valence-corrected chi connectivity index (χ1v) is 10.4. The first-order valence-electron chi connectivity index (χ1n) is 8.95. The minimum absolute atomic E-state index is 0.0230. The Labute approximate surface area is 144 Å². The van der Waals surface area contributed by atoms with E-state index in [1.54, 1.807) is 28.6 Å². The molecule has 2 aliphatic rings. The lowest BCUT2D eigenvalue weighted by Crippen LogP contribution is -2.51. The maximum Gasteiger partial charge on any atom is 0.243 e. The van der Waals surface area contributed by atoms with Gasteiger partial charge in [-0.1, -0.05) is 37.5 Å². The monoisotopic (exact) mass is 350 g/mol. The normalized spacial score (nSPS) is 27.1. The van der Waals surface area contributed by atoms with Gasteiger partial charge in [0.25, 0.3) is 0 Å². The van der Waals surface area contributed by atoms with Crippen LogP contribution in [0.25, 0.3) is 0 Å². The Balaban J connectivity index is 1.96. The third-order valence-corrected chi connectivity index (χ3v) is 7.08. The largest absolute Gasteiger partial charge is 0.356 e. The lowest BCUT2D eigenvalue weighted by atomic mass is 9.83. The smallest absolute Gasteiger partial charge is 0.243 e. The zero-order valence-electron chi connectivity index (χ0n) is 14.0. The van der Waals surface area contributed by atoms with Crippen LogP contribution in [0, 0.1) is 5.92 Å². The quantitative estimate of drug-likeness (QED) is 0.891. The molecule has 1 aliphatic heterocycles. The zero-order valence-corrected chi connectivity index (χ0v) is 14.8. The Morgan fingerprint density at radius 3 is 2.50 bits per heavy atom. The molecule has 0 unspecified atom stereocenters. The van der Waals surface area contributed by atoms with Crippen molar-refractivity contribution in [3.63, 3.8) is 0 Å². The Morgan fingerprint density at radius 1 is 0.958 bits per heavy atom. The molecule has 1 aliphatic carbocycles. The number of carbonyl (C=O) groups excluding carboxylic acids is 1. The summed E-state index contributed by atoms with van der Waals surface area (Å²) in [6, 6.07) is 8.39. The average molecular weight is 350 g/mol. The summed E-state index contributed by atoms with van der Waals surface area (Å²) in [6.45, 7) is 1.21. The van der Waals surface area contributed by atoms with E-state index in [2.05, 4.69) is 5.32 Å². The number of benzene rings is 1. The molecule has 2 fully saturated rings. The van der Waals surface area contributed by atoms with Crippen molar-refractivity contribution in [2.24, 2.45) is 5.92 Å². The molecule has 1 aromatic carbocycles. The molecule has 5 nitrogen and oxygen atoms in total. The van der Waals surface area contributed by atoms with E-state index in [9.17, 15) is 13.2 Å². The number of rotatable bonds is 2. The van der Waals surface area contributed by atoms with E-state index in [0.717, 1.165) is 44.9 Å². The van der Waals surface area contributed by atoms with E-state index in [4.69, 9.17) is 0 Å². The van der Waals surface area contributed by atoms with Gasteiger partial charge in [0.1, 0.15) is 0 Å². The van der Waals surface area contributed by atoms with Crippen LogP contribution in [0.1, 0.15) is 44.9 Å². The van der Waals surface area contributed by atoms with Gasteiger partial charge in [0.15, 0.2) is 0 Å². The summed E-state index contributed by atoms with van der Waals surface area (Å²) in [5, 5.41) is 3.00. The van der Waals surface area contributed by atoms with Crippen LogP contribution in [0.3, 0.4) is 0 Å². The van der Waals surface area contributed by atoms with Crippen molar-refractivity contribution in [1.82, 2.24) is 9.62 Å². The number of nitrogens with zero attached hydrogens (tertiary/aromatic N) is 1. The van der Waals surface area contributed by atoms with E-state index in [1.807, 2.05) is 6.07 Å². The van der Waals surface area contributed by atoms with Crippen LogP contribution < -0.4 is 5.32 Å². The molecule has 0 radical (unpaired) electrons. The summed E-state index contributed by atoms with van der Waals surface area (Å²) in [6.07, 6.45) is 6.19. The van der Waals surface area contributed by atoms with Gasteiger partial charge in [0.2, 0.25) is 15.9 Å².